The summed E-state index contributed by atoms with van der Waals surface area (Å²) in [5.41, 5.74) is 1.51. The third-order valence-corrected chi connectivity index (χ3v) is 7.47. The Balaban J connectivity index is 1.34. The van der Waals surface area contributed by atoms with Gasteiger partial charge in [0.25, 0.3) is 0 Å². The minimum Gasteiger partial charge on any atom is -0.481 e. The maximum atomic E-state index is 13.5. The summed E-state index contributed by atoms with van der Waals surface area (Å²) < 4.78 is 81.3. The lowest BCUT2D eigenvalue weighted by Gasteiger charge is -2.35. The van der Waals surface area contributed by atoms with Gasteiger partial charge in [-0.15, -0.1) is 0 Å². The zero-order valence-corrected chi connectivity index (χ0v) is 23.1. The Kier molecular flexibility index (Phi) is 9.75. The maximum Gasteiger partial charge on any atom is 0.455 e. The van der Waals surface area contributed by atoms with E-state index >= 15 is 0 Å². The van der Waals surface area contributed by atoms with E-state index in [9.17, 15) is 26.7 Å². The highest BCUT2D eigenvalue weighted by Gasteiger charge is 2.57. The van der Waals surface area contributed by atoms with Crippen molar-refractivity contribution in [3.8, 4) is 11.8 Å². The lowest BCUT2D eigenvalue weighted by molar-refractivity contribution is -0.275. The first-order valence-electron chi connectivity index (χ1n) is 13.7. The van der Waals surface area contributed by atoms with Crippen LogP contribution in [0.4, 0.5) is 33.3 Å². The van der Waals surface area contributed by atoms with Crippen LogP contribution < -0.4 is 19.7 Å². The van der Waals surface area contributed by atoms with E-state index in [0.717, 1.165) is 18.4 Å². The first-order chi connectivity index (χ1) is 19.5. The second kappa shape index (κ2) is 13.1. The zero-order chi connectivity index (χ0) is 29.6. The third kappa shape index (κ3) is 8.10. The lowest BCUT2D eigenvalue weighted by Crippen LogP contribution is -2.43. The number of alkyl halides is 5. The fourth-order valence-corrected chi connectivity index (χ4v) is 4.98. The van der Waals surface area contributed by atoms with Crippen LogP contribution in [0.15, 0.2) is 30.6 Å². The number of nitrogens with zero attached hydrogens (tertiary/aromatic N) is 3. The van der Waals surface area contributed by atoms with Gasteiger partial charge in [-0.1, -0.05) is 0 Å². The van der Waals surface area contributed by atoms with Gasteiger partial charge in [0.2, 0.25) is 11.8 Å². The standard InChI is InChI=1S/C28H35F5N4O4/c1-3-40-26(38)13-21(19-4-5-19)20-6-9-34-25(12-20)41-16-18-7-10-37(11-8-18)23-14-24(39-2)35-15-22(23)36-17-27(29,30)28(31,32)33/h6,9,12,14-15,18-19,21,36H,3-5,7-8,10-11,13,16-17H2,1-2H3. The number of hydrogen-bond acceptors (Lipinski definition) is 8. The number of anilines is 2. The Labute approximate surface area is 235 Å². The molecule has 1 saturated heterocycles. The van der Waals surface area contributed by atoms with E-state index in [1.165, 1.54) is 19.4 Å². The molecule has 13 heteroatoms. The number of piperidine rings is 1. The molecule has 0 amide bonds. The van der Waals surface area contributed by atoms with Crippen molar-refractivity contribution in [1.82, 2.24) is 9.97 Å². The predicted octanol–water partition coefficient (Wildman–Crippen LogP) is 5.84. The Bertz CT molecular complexity index is 1170. The summed E-state index contributed by atoms with van der Waals surface area (Å²) in [4.78, 5) is 22.3. The van der Waals surface area contributed by atoms with Gasteiger partial charge in [-0.25, -0.2) is 9.97 Å². The van der Waals surface area contributed by atoms with Crippen molar-refractivity contribution in [3.05, 3.63) is 36.2 Å². The molecule has 1 aliphatic heterocycles. The van der Waals surface area contributed by atoms with Crippen molar-refractivity contribution >= 4 is 17.3 Å². The van der Waals surface area contributed by atoms with Crippen molar-refractivity contribution in [3.63, 3.8) is 0 Å². The fourth-order valence-electron chi connectivity index (χ4n) is 4.98. The molecule has 2 aliphatic rings. The molecular formula is C28H35F5N4O4. The van der Waals surface area contributed by atoms with Crippen LogP contribution >= 0.6 is 0 Å². The highest BCUT2D eigenvalue weighted by atomic mass is 19.4. The number of pyridine rings is 2. The molecule has 41 heavy (non-hydrogen) atoms. The van der Waals surface area contributed by atoms with Crippen LogP contribution in [0.25, 0.3) is 0 Å². The Morgan fingerprint density at radius 2 is 1.83 bits per heavy atom. The third-order valence-electron chi connectivity index (χ3n) is 7.47. The molecule has 1 unspecified atom stereocenters. The van der Waals surface area contributed by atoms with Gasteiger partial charge >= 0.3 is 18.1 Å². The molecule has 1 N–H and O–H groups in total. The van der Waals surface area contributed by atoms with E-state index in [1.54, 1.807) is 13.1 Å². The molecule has 0 aromatic carbocycles. The summed E-state index contributed by atoms with van der Waals surface area (Å²) in [5.74, 6) is -3.70. The summed E-state index contributed by atoms with van der Waals surface area (Å²) in [7, 11) is 1.40. The minimum atomic E-state index is -5.66. The number of ether oxygens (including phenoxy) is 3. The molecule has 0 radical (unpaired) electrons. The zero-order valence-electron chi connectivity index (χ0n) is 23.1. The molecule has 3 heterocycles. The fraction of sp³-hybridized carbons (Fsp3) is 0.607. The number of hydrogen-bond donors (Lipinski definition) is 1. The summed E-state index contributed by atoms with van der Waals surface area (Å²) in [6.07, 6.45) is 1.11. The van der Waals surface area contributed by atoms with Crippen molar-refractivity contribution in [2.24, 2.45) is 11.8 Å². The number of methoxy groups -OCH3 is 1. The van der Waals surface area contributed by atoms with Crippen LogP contribution in [0.1, 0.15) is 50.5 Å². The number of carbonyl (C=O) groups is 1. The number of carbonyl (C=O) groups excluding carboxylic acids is 1. The SMILES string of the molecule is CCOC(=O)CC(c1ccnc(OCC2CCN(c3cc(OC)ncc3NCC(F)(F)C(F)(F)F)CC2)c1)C1CC1. The smallest absolute Gasteiger partial charge is 0.455 e. The first-order valence-corrected chi connectivity index (χ1v) is 13.7. The Morgan fingerprint density at radius 1 is 1.10 bits per heavy atom. The van der Waals surface area contributed by atoms with Gasteiger partial charge in [-0.3, -0.25) is 4.79 Å². The predicted molar refractivity (Wildman–Crippen MR) is 142 cm³/mol. The number of halogens is 5. The molecule has 8 nitrogen and oxygen atoms in total. The van der Waals surface area contributed by atoms with E-state index in [2.05, 4.69) is 15.3 Å². The quantitative estimate of drug-likeness (QED) is 0.232. The van der Waals surface area contributed by atoms with Crippen LogP contribution in [0, 0.1) is 11.8 Å². The average Bonchev–Trinajstić information content (AvgIpc) is 3.79. The molecular weight excluding hydrogens is 551 g/mol. The van der Waals surface area contributed by atoms with Crippen LogP contribution in [0.5, 0.6) is 11.8 Å². The Morgan fingerprint density at radius 3 is 2.46 bits per heavy atom. The number of rotatable bonds is 13. The molecule has 226 valence electrons. The highest BCUT2D eigenvalue weighted by Crippen LogP contribution is 2.45. The molecule has 0 bridgehead atoms. The number of nitrogens with one attached hydrogen (secondary N) is 1. The topological polar surface area (TPSA) is 85.8 Å². The lowest BCUT2D eigenvalue weighted by atomic mass is 9.92. The minimum absolute atomic E-state index is 0.0680. The molecule has 1 aliphatic carbocycles. The van der Waals surface area contributed by atoms with Crippen molar-refractivity contribution in [1.29, 1.82) is 0 Å². The molecule has 0 spiro atoms. The van der Waals surface area contributed by atoms with Gasteiger partial charge in [-0.05, 0) is 62.0 Å². The number of esters is 1. The van der Waals surface area contributed by atoms with Gasteiger partial charge in [0.05, 0.1) is 50.9 Å². The van der Waals surface area contributed by atoms with Crippen LogP contribution in [-0.4, -0.2) is 68.0 Å². The van der Waals surface area contributed by atoms with Gasteiger partial charge in [0, 0.05) is 31.4 Å². The second-order valence-electron chi connectivity index (χ2n) is 10.4. The monoisotopic (exact) mass is 586 g/mol. The van der Waals surface area contributed by atoms with Crippen LogP contribution in [-0.2, 0) is 9.53 Å². The number of aromatic nitrogens is 2. The summed E-state index contributed by atoms with van der Waals surface area (Å²) in [5, 5.41) is 2.22. The van der Waals surface area contributed by atoms with Gasteiger partial charge in [0.15, 0.2) is 0 Å². The van der Waals surface area contributed by atoms with Crippen molar-refractivity contribution in [2.45, 2.75) is 57.0 Å². The van der Waals surface area contributed by atoms with E-state index in [-0.39, 0.29) is 29.4 Å². The average molecular weight is 587 g/mol. The largest absolute Gasteiger partial charge is 0.481 e. The van der Waals surface area contributed by atoms with E-state index in [1.807, 2.05) is 17.0 Å². The normalized spacial score (nSPS) is 17.2. The van der Waals surface area contributed by atoms with Crippen molar-refractivity contribution < 1.29 is 41.0 Å². The van der Waals surface area contributed by atoms with Gasteiger partial charge in [-0.2, -0.15) is 22.0 Å². The van der Waals surface area contributed by atoms with Crippen molar-refractivity contribution in [2.75, 3.05) is 50.2 Å². The highest BCUT2D eigenvalue weighted by molar-refractivity contribution is 5.71. The van der Waals surface area contributed by atoms with E-state index < -0.39 is 18.6 Å². The molecule has 2 fully saturated rings. The Hall–Kier alpha value is -3.38. The summed E-state index contributed by atoms with van der Waals surface area (Å²) >= 11 is 0. The maximum absolute atomic E-state index is 13.5. The summed E-state index contributed by atoms with van der Waals surface area (Å²) in [6, 6.07) is 5.31. The molecule has 1 saturated carbocycles. The molecule has 2 aromatic rings. The van der Waals surface area contributed by atoms with Gasteiger partial charge in [0.1, 0.15) is 0 Å². The van der Waals surface area contributed by atoms with E-state index in [4.69, 9.17) is 14.2 Å². The molecule has 4 rings (SSSR count). The summed E-state index contributed by atoms with van der Waals surface area (Å²) in [6.45, 7) is 2.01. The van der Waals surface area contributed by atoms with Crippen LogP contribution in [0.2, 0.25) is 0 Å². The van der Waals surface area contributed by atoms with Gasteiger partial charge < -0.3 is 24.4 Å². The first kappa shape index (κ1) is 30.6. The van der Waals surface area contributed by atoms with E-state index in [0.29, 0.717) is 63.1 Å². The molecule has 2 aromatic heterocycles. The molecule has 1 atom stereocenters. The van der Waals surface area contributed by atoms with Crippen LogP contribution in [0.3, 0.4) is 0 Å². The second-order valence-corrected chi connectivity index (χ2v) is 10.4.